The van der Waals surface area contributed by atoms with Crippen LogP contribution in [0.5, 0.6) is 5.75 Å². The monoisotopic (exact) mass is 465 g/mol. The fraction of sp³-hybridized carbons (Fsp3) is 0.130. The van der Waals surface area contributed by atoms with Gasteiger partial charge in [-0.1, -0.05) is 47.1 Å². The maximum atomic E-state index is 12.5. The molecule has 0 atom stereocenters. The van der Waals surface area contributed by atoms with Crippen LogP contribution >= 0.6 is 23.4 Å². The molecule has 7 nitrogen and oxygen atoms in total. The molecule has 2 heterocycles. The zero-order chi connectivity index (χ0) is 22.5. The first-order valence-corrected chi connectivity index (χ1v) is 11.1. The summed E-state index contributed by atoms with van der Waals surface area (Å²) >= 11 is 7.43. The average molecular weight is 466 g/mol. The van der Waals surface area contributed by atoms with Gasteiger partial charge < -0.3 is 10.1 Å². The number of carbonyl (C=O) groups excluding carboxylic acids is 1. The number of halogens is 1. The number of amides is 1. The molecule has 0 fully saturated rings. The fourth-order valence-corrected chi connectivity index (χ4v) is 4.03. The van der Waals surface area contributed by atoms with Crippen molar-refractivity contribution in [1.29, 1.82) is 0 Å². The predicted molar refractivity (Wildman–Crippen MR) is 127 cm³/mol. The van der Waals surface area contributed by atoms with Crippen LogP contribution in [-0.2, 0) is 4.79 Å². The summed E-state index contributed by atoms with van der Waals surface area (Å²) in [6.07, 6.45) is 1.71. The number of thioether (sulfide) groups is 1. The van der Waals surface area contributed by atoms with Gasteiger partial charge in [0.1, 0.15) is 11.4 Å². The van der Waals surface area contributed by atoms with E-state index in [9.17, 15) is 4.79 Å². The van der Waals surface area contributed by atoms with E-state index in [2.05, 4.69) is 20.5 Å². The molecular weight excluding hydrogens is 446 g/mol. The van der Waals surface area contributed by atoms with Crippen molar-refractivity contribution in [2.45, 2.75) is 12.1 Å². The molecule has 4 rings (SSSR count). The Morgan fingerprint density at radius 3 is 2.62 bits per heavy atom. The van der Waals surface area contributed by atoms with Crippen LogP contribution in [0, 0.1) is 6.92 Å². The van der Waals surface area contributed by atoms with Crippen LogP contribution in [0.1, 0.15) is 5.56 Å². The number of ether oxygens (including phenoxy) is 1. The molecule has 0 radical (unpaired) electrons. The first kappa shape index (κ1) is 21.9. The highest BCUT2D eigenvalue weighted by atomic mass is 35.5. The van der Waals surface area contributed by atoms with E-state index in [1.165, 1.54) is 11.8 Å². The van der Waals surface area contributed by atoms with Crippen molar-refractivity contribution >= 4 is 35.0 Å². The topological polar surface area (TPSA) is 81.9 Å². The summed E-state index contributed by atoms with van der Waals surface area (Å²) in [6, 6.07) is 18.7. The van der Waals surface area contributed by atoms with E-state index >= 15 is 0 Å². The summed E-state index contributed by atoms with van der Waals surface area (Å²) in [6.45, 7) is 2.03. The molecule has 1 N–H and O–H groups in total. The van der Waals surface area contributed by atoms with E-state index in [4.69, 9.17) is 16.3 Å². The number of carbonyl (C=O) groups is 1. The highest BCUT2D eigenvalue weighted by molar-refractivity contribution is 7.99. The van der Waals surface area contributed by atoms with Crippen molar-refractivity contribution in [3.05, 3.63) is 77.4 Å². The van der Waals surface area contributed by atoms with Gasteiger partial charge in [0.05, 0.1) is 17.9 Å². The number of benzene rings is 2. The number of aromatic nitrogens is 4. The van der Waals surface area contributed by atoms with Crippen LogP contribution in [-0.4, -0.2) is 38.5 Å². The van der Waals surface area contributed by atoms with E-state index in [0.717, 1.165) is 11.3 Å². The van der Waals surface area contributed by atoms with Gasteiger partial charge in [0, 0.05) is 17.6 Å². The average Bonchev–Trinajstić information content (AvgIpc) is 3.23. The molecule has 32 heavy (non-hydrogen) atoms. The highest BCUT2D eigenvalue weighted by Crippen LogP contribution is 2.29. The van der Waals surface area contributed by atoms with Crippen molar-refractivity contribution in [3.63, 3.8) is 0 Å². The second-order valence-electron chi connectivity index (χ2n) is 6.88. The molecule has 0 aliphatic rings. The smallest absolute Gasteiger partial charge is 0.234 e. The number of hydrogen-bond acceptors (Lipinski definition) is 6. The van der Waals surface area contributed by atoms with Gasteiger partial charge in [-0.05, 0) is 49.4 Å². The molecule has 0 saturated carbocycles. The lowest BCUT2D eigenvalue weighted by atomic mass is 10.2. The quantitative estimate of drug-likeness (QED) is 0.385. The van der Waals surface area contributed by atoms with E-state index < -0.39 is 0 Å². The lowest BCUT2D eigenvalue weighted by Gasteiger charge is -2.11. The summed E-state index contributed by atoms with van der Waals surface area (Å²) in [5.41, 5.74) is 3.33. The van der Waals surface area contributed by atoms with Gasteiger partial charge in [0.2, 0.25) is 5.91 Å². The molecule has 0 aliphatic carbocycles. The molecule has 9 heteroatoms. The van der Waals surface area contributed by atoms with Crippen LogP contribution in [0.3, 0.4) is 0 Å². The molecule has 2 aromatic carbocycles. The summed E-state index contributed by atoms with van der Waals surface area (Å²) in [7, 11) is 1.54. The molecule has 0 saturated heterocycles. The summed E-state index contributed by atoms with van der Waals surface area (Å²) in [5, 5.41) is 12.5. The second kappa shape index (κ2) is 9.84. The van der Waals surface area contributed by atoms with Crippen LogP contribution < -0.4 is 10.1 Å². The van der Waals surface area contributed by atoms with Crippen LogP contribution in [0.4, 0.5) is 5.69 Å². The molecule has 0 bridgehead atoms. The number of hydrogen-bond donors (Lipinski definition) is 1. The van der Waals surface area contributed by atoms with Gasteiger partial charge in [-0.3, -0.25) is 14.3 Å². The number of pyridine rings is 1. The Labute approximate surface area is 194 Å². The van der Waals surface area contributed by atoms with Gasteiger partial charge in [-0.2, -0.15) is 0 Å². The predicted octanol–water partition coefficient (Wildman–Crippen LogP) is 5.03. The largest absolute Gasteiger partial charge is 0.495 e. The van der Waals surface area contributed by atoms with Gasteiger partial charge in [0.25, 0.3) is 0 Å². The van der Waals surface area contributed by atoms with Gasteiger partial charge in [-0.15, -0.1) is 10.2 Å². The summed E-state index contributed by atoms with van der Waals surface area (Å²) in [5.74, 6) is 1.12. The molecule has 0 spiro atoms. The van der Waals surface area contributed by atoms with Gasteiger partial charge in [-0.25, -0.2) is 0 Å². The molecular formula is C23H20ClN5O2S. The Bertz CT molecular complexity index is 1230. The van der Waals surface area contributed by atoms with Crippen molar-refractivity contribution < 1.29 is 9.53 Å². The molecule has 4 aromatic rings. The second-order valence-corrected chi connectivity index (χ2v) is 8.23. The van der Waals surface area contributed by atoms with E-state index in [0.29, 0.717) is 33.1 Å². The minimum absolute atomic E-state index is 0.149. The third-order valence-electron chi connectivity index (χ3n) is 4.59. The minimum Gasteiger partial charge on any atom is -0.495 e. The minimum atomic E-state index is -0.186. The lowest BCUT2D eigenvalue weighted by Crippen LogP contribution is -2.14. The normalized spacial score (nSPS) is 10.7. The first-order chi connectivity index (χ1) is 15.5. The van der Waals surface area contributed by atoms with E-state index in [1.807, 2.05) is 54.0 Å². The number of nitrogens with zero attached hydrogens (tertiary/aromatic N) is 4. The van der Waals surface area contributed by atoms with Crippen molar-refractivity contribution in [1.82, 2.24) is 19.7 Å². The third kappa shape index (κ3) is 4.92. The third-order valence-corrected chi connectivity index (χ3v) is 5.81. The Hall–Kier alpha value is -3.36. The molecule has 1 amide bonds. The van der Waals surface area contributed by atoms with Crippen LogP contribution in [0.15, 0.2) is 72.0 Å². The maximum absolute atomic E-state index is 12.5. The Kier molecular flexibility index (Phi) is 6.72. The standard InChI is InChI=1S/C23H20ClN5O2S/c1-15-6-9-17(10-7-15)29-22(19-5-3-4-12-25-19)27-28-23(29)32-14-21(30)26-16-8-11-20(31-2)18(24)13-16/h3-13H,14H2,1-2H3,(H,26,30). The highest BCUT2D eigenvalue weighted by Gasteiger charge is 2.18. The number of aryl methyl sites for hydroxylation is 1. The van der Waals surface area contributed by atoms with Gasteiger partial charge in [0.15, 0.2) is 11.0 Å². The first-order valence-electron chi connectivity index (χ1n) is 9.75. The van der Waals surface area contributed by atoms with Crippen LogP contribution in [0.2, 0.25) is 5.02 Å². The molecule has 162 valence electrons. The lowest BCUT2D eigenvalue weighted by molar-refractivity contribution is -0.113. The fourth-order valence-electron chi connectivity index (χ4n) is 3.02. The summed E-state index contributed by atoms with van der Waals surface area (Å²) < 4.78 is 7.05. The zero-order valence-electron chi connectivity index (χ0n) is 17.4. The Morgan fingerprint density at radius 1 is 1.12 bits per heavy atom. The maximum Gasteiger partial charge on any atom is 0.234 e. The van der Waals surface area contributed by atoms with E-state index in [-0.39, 0.29) is 11.7 Å². The molecule has 2 aromatic heterocycles. The number of anilines is 1. The summed E-state index contributed by atoms with van der Waals surface area (Å²) in [4.78, 5) is 16.9. The SMILES string of the molecule is COc1ccc(NC(=O)CSc2nnc(-c3ccccn3)n2-c2ccc(C)cc2)cc1Cl. The van der Waals surface area contributed by atoms with Crippen LogP contribution in [0.25, 0.3) is 17.2 Å². The number of rotatable bonds is 7. The van der Waals surface area contributed by atoms with Crippen molar-refractivity contribution in [2.75, 3.05) is 18.2 Å². The van der Waals surface area contributed by atoms with Crippen molar-refractivity contribution in [3.8, 4) is 23.0 Å². The molecule has 0 aliphatic heterocycles. The number of nitrogens with one attached hydrogen (secondary N) is 1. The van der Waals surface area contributed by atoms with Crippen molar-refractivity contribution in [2.24, 2.45) is 0 Å². The number of methoxy groups -OCH3 is 1. The zero-order valence-corrected chi connectivity index (χ0v) is 19.0. The Morgan fingerprint density at radius 2 is 1.94 bits per heavy atom. The molecule has 0 unspecified atom stereocenters. The van der Waals surface area contributed by atoms with Gasteiger partial charge >= 0.3 is 0 Å². The van der Waals surface area contributed by atoms with E-state index in [1.54, 1.807) is 31.5 Å². The Balaban J connectivity index is 1.55.